The molecular weight excluding hydrogens is 290 g/mol. The van der Waals surface area contributed by atoms with Crippen molar-refractivity contribution < 1.29 is 14.3 Å². The van der Waals surface area contributed by atoms with E-state index in [2.05, 4.69) is 5.32 Å². The molecule has 0 spiro atoms. The summed E-state index contributed by atoms with van der Waals surface area (Å²) in [6.07, 6.45) is 0. The molecule has 0 aliphatic heterocycles. The van der Waals surface area contributed by atoms with Crippen molar-refractivity contribution in [3.05, 3.63) is 61.3 Å². The van der Waals surface area contributed by atoms with Gasteiger partial charge in [0.25, 0.3) is 5.69 Å². The number of halogens is 1. The maximum absolute atomic E-state index is 10.9. The van der Waals surface area contributed by atoms with Gasteiger partial charge < -0.3 is 9.73 Å². The standard InChI is InChI=1S/C11H8ClN3O5/c12-7-1-3-9(10(5-7)14(16)17)13-6-8-2-4-11(20-8)15(18)19/h1-5,13H,6H2. The fourth-order valence-electron chi connectivity index (χ4n) is 1.55. The van der Waals surface area contributed by atoms with Gasteiger partial charge in [-0.1, -0.05) is 11.6 Å². The number of hydrogen-bond acceptors (Lipinski definition) is 6. The molecule has 0 saturated carbocycles. The first-order valence-electron chi connectivity index (χ1n) is 5.38. The van der Waals surface area contributed by atoms with Gasteiger partial charge in [0.1, 0.15) is 16.4 Å². The highest BCUT2D eigenvalue weighted by molar-refractivity contribution is 6.30. The average Bonchev–Trinajstić information content (AvgIpc) is 2.86. The first-order chi connectivity index (χ1) is 9.47. The number of furan rings is 1. The van der Waals surface area contributed by atoms with Crippen LogP contribution in [0.1, 0.15) is 5.76 Å². The van der Waals surface area contributed by atoms with E-state index in [4.69, 9.17) is 16.0 Å². The second kappa shape index (κ2) is 5.57. The molecule has 0 radical (unpaired) electrons. The molecule has 0 bridgehead atoms. The van der Waals surface area contributed by atoms with Crippen LogP contribution in [0, 0.1) is 20.2 Å². The van der Waals surface area contributed by atoms with E-state index in [1.54, 1.807) is 0 Å². The van der Waals surface area contributed by atoms with Crippen LogP contribution in [0.25, 0.3) is 0 Å². The number of nitrogens with one attached hydrogen (secondary N) is 1. The first kappa shape index (κ1) is 13.8. The van der Waals surface area contributed by atoms with Gasteiger partial charge in [0.15, 0.2) is 0 Å². The Kier molecular flexibility index (Phi) is 3.85. The van der Waals surface area contributed by atoms with E-state index in [0.717, 1.165) is 0 Å². The maximum Gasteiger partial charge on any atom is 0.433 e. The molecule has 0 aliphatic rings. The van der Waals surface area contributed by atoms with Gasteiger partial charge in [0.05, 0.1) is 17.5 Å². The lowest BCUT2D eigenvalue weighted by Crippen LogP contribution is -2.01. The molecular formula is C11H8ClN3O5. The van der Waals surface area contributed by atoms with Crippen LogP contribution in [0.3, 0.4) is 0 Å². The van der Waals surface area contributed by atoms with Gasteiger partial charge in [0.2, 0.25) is 0 Å². The Morgan fingerprint density at radius 3 is 2.50 bits per heavy atom. The van der Waals surface area contributed by atoms with Gasteiger partial charge in [0, 0.05) is 11.1 Å². The molecule has 104 valence electrons. The predicted octanol–water partition coefficient (Wildman–Crippen LogP) is 3.36. The molecule has 1 N–H and O–H groups in total. The van der Waals surface area contributed by atoms with Crippen molar-refractivity contribution in [3.8, 4) is 0 Å². The zero-order valence-electron chi connectivity index (χ0n) is 9.91. The zero-order valence-corrected chi connectivity index (χ0v) is 10.7. The summed E-state index contributed by atoms with van der Waals surface area (Å²) in [5.74, 6) is -0.0895. The number of anilines is 1. The van der Waals surface area contributed by atoms with Crippen molar-refractivity contribution in [3.63, 3.8) is 0 Å². The highest BCUT2D eigenvalue weighted by Crippen LogP contribution is 2.28. The molecule has 0 saturated heterocycles. The quantitative estimate of drug-likeness (QED) is 0.669. The van der Waals surface area contributed by atoms with Crippen LogP contribution in [0.5, 0.6) is 0 Å². The number of nitrogens with zero attached hydrogens (tertiary/aromatic N) is 2. The number of hydrogen-bond donors (Lipinski definition) is 1. The summed E-state index contributed by atoms with van der Waals surface area (Å²) in [4.78, 5) is 20.1. The Labute approximate surface area is 117 Å². The van der Waals surface area contributed by atoms with E-state index in [1.165, 1.54) is 30.3 Å². The van der Waals surface area contributed by atoms with Crippen molar-refractivity contribution in [2.24, 2.45) is 0 Å². The van der Waals surface area contributed by atoms with Gasteiger partial charge in [-0.15, -0.1) is 0 Å². The molecule has 20 heavy (non-hydrogen) atoms. The summed E-state index contributed by atoms with van der Waals surface area (Å²) < 4.78 is 4.93. The van der Waals surface area contributed by atoms with E-state index in [-0.39, 0.29) is 28.8 Å². The fraction of sp³-hybridized carbons (Fsp3) is 0.0909. The Morgan fingerprint density at radius 1 is 1.15 bits per heavy atom. The molecule has 8 nitrogen and oxygen atoms in total. The molecule has 1 aromatic carbocycles. The number of nitro groups is 2. The van der Waals surface area contributed by atoms with Crippen molar-refractivity contribution in [2.45, 2.75) is 6.54 Å². The van der Waals surface area contributed by atoms with Crippen LogP contribution in [-0.4, -0.2) is 9.85 Å². The third-order valence-electron chi connectivity index (χ3n) is 2.44. The summed E-state index contributed by atoms with van der Waals surface area (Å²) in [5.41, 5.74) is 0.0667. The van der Waals surface area contributed by atoms with Crippen LogP contribution in [0.2, 0.25) is 5.02 Å². The number of benzene rings is 1. The van der Waals surface area contributed by atoms with Gasteiger partial charge in [-0.25, -0.2) is 0 Å². The topological polar surface area (TPSA) is 111 Å². The monoisotopic (exact) mass is 297 g/mol. The number of nitro benzene ring substituents is 1. The third-order valence-corrected chi connectivity index (χ3v) is 2.67. The number of rotatable bonds is 5. The Bertz CT molecular complexity index is 670. The van der Waals surface area contributed by atoms with Crippen molar-refractivity contribution in [1.29, 1.82) is 0 Å². The second-order valence-electron chi connectivity index (χ2n) is 3.77. The largest absolute Gasteiger partial charge is 0.433 e. The average molecular weight is 298 g/mol. The molecule has 9 heteroatoms. The van der Waals surface area contributed by atoms with Crippen LogP contribution in [0.15, 0.2) is 34.7 Å². The molecule has 0 unspecified atom stereocenters. The van der Waals surface area contributed by atoms with Gasteiger partial charge >= 0.3 is 5.88 Å². The SMILES string of the molecule is O=[N+]([O-])c1ccc(CNc2ccc(Cl)cc2[N+](=O)[O-])o1. The predicted molar refractivity (Wildman–Crippen MR) is 70.8 cm³/mol. The zero-order chi connectivity index (χ0) is 14.7. The molecule has 2 rings (SSSR count). The molecule has 1 heterocycles. The highest BCUT2D eigenvalue weighted by atomic mass is 35.5. The van der Waals surface area contributed by atoms with Gasteiger partial charge in [-0.2, -0.15) is 0 Å². The second-order valence-corrected chi connectivity index (χ2v) is 4.21. The van der Waals surface area contributed by atoms with Crippen LogP contribution >= 0.6 is 11.6 Å². The molecule has 0 atom stereocenters. The Hall–Kier alpha value is -2.61. The summed E-state index contributed by atoms with van der Waals surface area (Å²) in [5, 5.41) is 24.3. The van der Waals surface area contributed by atoms with E-state index in [1.807, 2.05) is 0 Å². The van der Waals surface area contributed by atoms with E-state index in [0.29, 0.717) is 5.76 Å². The molecule has 0 fully saturated rings. The van der Waals surface area contributed by atoms with Crippen molar-refractivity contribution in [2.75, 3.05) is 5.32 Å². The smallest absolute Gasteiger partial charge is 0.404 e. The summed E-state index contributed by atoms with van der Waals surface area (Å²) >= 11 is 5.69. The summed E-state index contributed by atoms with van der Waals surface area (Å²) in [6.45, 7) is 0.0797. The lowest BCUT2D eigenvalue weighted by Gasteiger charge is -2.05. The lowest BCUT2D eigenvalue weighted by molar-refractivity contribution is -0.402. The van der Waals surface area contributed by atoms with E-state index >= 15 is 0 Å². The molecule has 2 aromatic rings. The maximum atomic E-state index is 10.9. The highest BCUT2D eigenvalue weighted by Gasteiger charge is 2.16. The normalized spacial score (nSPS) is 10.2. The fourth-order valence-corrected chi connectivity index (χ4v) is 1.71. The van der Waals surface area contributed by atoms with Crippen LogP contribution in [0.4, 0.5) is 17.3 Å². The first-order valence-corrected chi connectivity index (χ1v) is 5.76. The van der Waals surface area contributed by atoms with Gasteiger partial charge in [-0.05, 0) is 18.2 Å². The minimum absolute atomic E-state index is 0.0797. The van der Waals surface area contributed by atoms with Crippen LogP contribution < -0.4 is 5.32 Å². The van der Waals surface area contributed by atoms with Crippen LogP contribution in [-0.2, 0) is 6.54 Å². The Balaban J connectivity index is 2.14. The third kappa shape index (κ3) is 3.04. The summed E-state index contributed by atoms with van der Waals surface area (Å²) in [7, 11) is 0. The molecule has 1 aromatic heterocycles. The van der Waals surface area contributed by atoms with Gasteiger partial charge in [-0.3, -0.25) is 20.2 Å². The van der Waals surface area contributed by atoms with Crippen molar-refractivity contribution >= 4 is 28.9 Å². The van der Waals surface area contributed by atoms with Crippen molar-refractivity contribution in [1.82, 2.24) is 0 Å². The lowest BCUT2D eigenvalue weighted by atomic mass is 10.2. The van der Waals surface area contributed by atoms with E-state index < -0.39 is 9.85 Å². The molecule has 0 amide bonds. The molecule has 0 aliphatic carbocycles. The Morgan fingerprint density at radius 2 is 1.90 bits per heavy atom. The minimum Gasteiger partial charge on any atom is -0.404 e. The minimum atomic E-state index is -0.658. The summed E-state index contributed by atoms with van der Waals surface area (Å²) in [6, 6.07) is 6.81. The van der Waals surface area contributed by atoms with E-state index in [9.17, 15) is 20.2 Å².